The molecule has 4 aromatic rings. The van der Waals surface area contributed by atoms with Crippen LogP contribution in [0.25, 0.3) is 5.69 Å². The standard InChI is InChI=1S/C24H20N4O2/c29-24(18-10-13-20(14-11-18)30-19-7-2-1-3-8-19)25-16-23-27-26-22-15-12-17-6-4-5-9-21(17)28(22)23/h1-11,13-14H,12,15-16H2,(H,25,29). The first kappa shape index (κ1) is 18.1. The molecule has 5 rings (SSSR count). The van der Waals surface area contributed by atoms with Crippen molar-refractivity contribution in [2.75, 3.05) is 0 Å². The molecule has 30 heavy (non-hydrogen) atoms. The number of rotatable bonds is 5. The van der Waals surface area contributed by atoms with Gasteiger partial charge < -0.3 is 10.1 Å². The number of amides is 1. The molecule has 0 unspecified atom stereocenters. The molecule has 6 heteroatoms. The molecular weight excluding hydrogens is 376 g/mol. The second-order valence-corrected chi connectivity index (χ2v) is 7.12. The molecule has 6 nitrogen and oxygen atoms in total. The summed E-state index contributed by atoms with van der Waals surface area (Å²) in [5.74, 6) is 2.94. The van der Waals surface area contributed by atoms with Crippen LogP contribution >= 0.6 is 0 Å². The van der Waals surface area contributed by atoms with Crippen LogP contribution in [-0.2, 0) is 19.4 Å². The van der Waals surface area contributed by atoms with Crippen molar-refractivity contribution in [3.63, 3.8) is 0 Å². The third-order valence-corrected chi connectivity index (χ3v) is 5.15. The molecule has 0 saturated carbocycles. The Bertz CT molecular complexity index is 1180. The van der Waals surface area contributed by atoms with Crippen molar-refractivity contribution >= 4 is 5.91 Å². The van der Waals surface area contributed by atoms with E-state index in [1.165, 1.54) is 5.56 Å². The van der Waals surface area contributed by atoms with Gasteiger partial charge in [-0.15, -0.1) is 10.2 Å². The van der Waals surface area contributed by atoms with Crippen molar-refractivity contribution in [3.8, 4) is 17.2 Å². The van der Waals surface area contributed by atoms with Crippen molar-refractivity contribution in [3.05, 3.63) is 102 Å². The van der Waals surface area contributed by atoms with E-state index in [1.807, 2.05) is 42.5 Å². The molecule has 0 fully saturated rings. The van der Waals surface area contributed by atoms with Gasteiger partial charge in [0.05, 0.1) is 12.2 Å². The van der Waals surface area contributed by atoms with Crippen LogP contribution in [0.1, 0.15) is 27.6 Å². The number of fused-ring (bicyclic) bond motifs is 3. The zero-order chi connectivity index (χ0) is 20.3. The molecule has 1 aromatic heterocycles. The Morgan fingerprint density at radius 2 is 1.60 bits per heavy atom. The number of nitrogens with one attached hydrogen (secondary N) is 1. The Morgan fingerprint density at radius 1 is 0.867 bits per heavy atom. The molecule has 0 bridgehead atoms. The number of aromatic nitrogens is 3. The molecule has 0 saturated heterocycles. The van der Waals surface area contributed by atoms with Crippen molar-refractivity contribution in [2.45, 2.75) is 19.4 Å². The minimum atomic E-state index is -0.164. The Morgan fingerprint density at radius 3 is 2.43 bits per heavy atom. The van der Waals surface area contributed by atoms with Crippen LogP contribution in [0.3, 0.4) is 0 Å². The molecule has 1 N–H and O–H groups in total. The van der Waals surface area contributed by atoms with Crippen LogP contribution < -0.4 is 10.1 Å². The quantitative estimate of drug-likeness (QED) is 0.552. The molecule has 1 aliphatic rings. The summed E-state index contributed by atoms with van der Waals surface area (Å²) in [6.45, 7) is 0.308. The SMILES string of the molecule is O=C(NCc1nnc2n1-c1ccccc1CC2)c1ccc(Oc2ccccc2)cc1. The molecule has 3 aromatic carbocycles. The van der Waals surface area contributed by atoms with Crippen molar-refractivity contribution in [1.29, 1.82) is 0 Å². The number of hydrogen-bond donors (Lipinski definition) is 1. The maximum Gasteiger partial charge on any atom is 0.251 e. The van der Waals surface area contributed by atoms with Crippen LogP contribution in [0.2, 0.25) is 0 Å². The van der Waals surface area contributed by atoms with E-state index in [4.69, 9.17) is 4.74 Å². The number of aryl methyl sites for hydroxylation is 2. The maximum atomic E-state index is 12.6. The smallest absolute Gasteiger partial charge is 0.251 e. The summed E-state index contributed by atoms with van der Waals surface area (Å²) < 4.78 is 7.83. The number of nitrogens with zero attached hydrogens (tertiary/aromatic N) is 3. The summed E-state index contributed by atoms with van der Waals surface area (Å²) in [5.41, 5.74) is 2.93. The van der Waals surface area contributed by atoms with Crippen LogP contribution in [0.4, 0.5) is 0 Å². The predicted octanol–water partition coefficient (Wildman–Crippen LogP) is 4.09. The fraction of sp³-hybridized carbons (Fsp3) is 0.125. The fourth-order valence-electron chi connectivity index (χ4n) is 3.66. The van der Waals surface area contributed by atoms with E-state index in [0.717, 1.165) is 35.9 Å². The number of ether oxygens (including phenoxy) is 1. The third kappa shape index (κ3) is 3.55. The monoisotopic (exact) mass is 396 g/mol. The Labute approximate surface area is 174 Å². The van der Waals surface area contributed by atoms with Crippen LogP contribution in [0.15, 0.2) is 78.9 Å². The van der Waals surface area contributed by atoms with Gasteiger partial charge in [0.25, 0.3) is 5.91 Å². The van der Waals surface area contributed by atoms with Crippen LogP contribution in [0.5, 0.6) is 11.5 Å². The predicted molar refractivity (Wildman–Crippen MR) is 113 cm³/mol. The molecular formula is C24H20N4O2. The summed E-state index contributed by atoms with van der Waals surface area (Å²) in [7, 11) is 0. The molecule has 0 aliphatic carbocycles. The van der Waals surface area contributed by atoms with Crippen molar-refractivity contribution < 1.29 is 9.53 Å². The first-order valence-electron chi connectivity index (χ1n) is 9.90. The average molecular weight is 396 g/mol. The Hall–Kier alpha value is -3.93. The second kappa shape index (κ2) is 7.83. The third-order valence-electron chi connectivity index (χ3n) is 5.15. The van der Waals surface area contributed by atoms with Gasteiger partial charge in [-0.1, -0.05) is 36.4 Å². The van der Waals surface area contributed by atoms with Crippen LogP contribution in [-0.4, -0.2) is 20.7 Å². The van der Waals surface area contributed by atoms with Gasteiger partial charge in [0.1, 0.15) is 17.3 Å². The number of carbonyl (C=O) groups is 1. The van der Waals surface area contributed by atoms with Crippen molar-refractivity contribution in [1.82, 2.24) is 20.1 Å². The van der Waals surface area contributed by atoms with Gasteiger partial charge in [-0.25, -0.2) is 0 Å². The molecule has 1 amide bonds. The first-order chi connectivity index (χ1) is 14.8. The van der Waals surface area contributed by atoms with Gasteiger partial charge in [0, 0.05) is 12.0 Å². The van der Waals surface area contributed by atoms with Gasteiger partial charge >= 0.3 is 0 Å². The van der Waals surface area contributed by atoms with E-state index in [9.17, 15) is 4.79 Å². The van der Waals surface area contributed by atoms with Gasteiger partial charge in [-0.05, 0) is 54.4 Å². The highest BCUT2D eigenvalue weighted by Crippen LogP contribution is 2.25. The lowest BCUT2D eigenvalue weighted by molar-refractivity contribution is 0.0949. The van der Waals surface area contributed by atoms with Crippen LogP contribution in [0, 0.1) is 0 Å². The number of carbonyl (C=O) groups excluding carboxylic acids is 1. The number of benzene rings is 3. The topological polar surface area (TPSA) is 69.0 Å². The van der Waals surface area contributed by atoms with E-state index in [-0.39, 0.29) is 5.91 Å². The van der Waals surface area contributed by atoms with Crippen molar-refractivity contribution in [2.24, 2.45) is 0 Å². The second-order valence-electron chi connectivity index (χ2n) is 7.12. The molecule has 0 radical (unpaired) electrons. The molecule has 148 valence electrons. The minimum absolute atomic E-state index is 0.164. The molecule has 0 spiro atoms. The van der Waals surface area contributed by atoms with E-state index in [1.54, 1.807) is 24.3 Å². The highest BCUT2D eigenvalue weighted by molar-refractivity contribution is 5.94. The number of para-hydroxylation sites is 2. The molecule has 0 atom stereocenters. The van der Waals surface area contributed by atoms with E-state index in [2.05, 4.69) is 32.2 Å². The largest absolute Gasteiger partial charge is 0.457 e. The zero-order valence-corrected chi connectivity index (χ0v) is 16.3. The molecule has 2 heterocycles. The normalized spacial score (nSPS) is 12.0. The summed E-state index contributed by atoms with van der Waals surface area (Å²) in [5, 5.41) is 11.6. The summed E-state index contributed by atoms with van der Waals surface area (Å²) in [6.07, 6.45) is 1.80. The fourth-order valence-corrected chi connectivity index (χ4v) is 3.66. The lowest BCUT2D eigenvalue weighted by Crippen LogP contribution is -2.25. The van der Waals surface area contributed by atoms with E-state index < -0.39 is 0 Å². The van der Waals surface area contributed by atoms with Gasteiger partial charge in [0.2, 0.25) is 0 Å². The molecule has 1 aliphatic heterocycles. The zero-order valence-electron chi connectivity index (χ0n) is 16.3. The summed E-state index contributed by atoms with van der Waals surface area (Å²) in [6, 6.07) is 24.9. The summed E-state index contributed by atoms with van der Waals surface area (Å²) in [4.78, 5) is 12.6. The minimum Gasteiger partial charge on any atom is -0.457 e. The Balaban J connectivity index is 1.27. The summed E-state index contributed by atoms with van der Waals surface area (Å²) >= 11 is 0. The number of hydrogen-bond acceptors (Lipinski definition) is 4. The first-order valence-corrected chi connectivity index (χ1v) is 9.90. The highest BCUT2D eigenvalue weighted by atomic mass is 16.5. The van der Waals surface area contributed by atoms with E-state index in [0.29, 0.717) is 17.9 Å². The lowest BCUT2D eigenvalue weighted by atomic mass is 10.0. The lowest BCUT2D eigenvalue weighted by Gasteiger charge is -2.19. The Kier molecular flexibility index (Phi) is 4.73. The highest BCUT2D eigenvalue weighted by Gasteiger charge is 2.21. The average Bonchev–Trinajstić information content (AvgIpc) is 3.22. The van der Waals surface area contributed by atoms with Gasteiger partial charge in [-0.2, -0.15) is 0 Å². The maximum absolute atomic E-state index is 12.6. The van der Waals surface area contributed by atoms with E-state index >= 15 is 0 Å². The van der Waals surface area contributed by atoms with Gasteiger partial charge in [0.15, 0.2) is 5.82 Å². The van der Waals surface area contributed by atoms with Gasteiger partial charge in [-0.3, -0.25) is 9.36 Å².